The van der Waals surface area contributed by atoms with Gasteiger partial charge in [-0.05, 0) is 0 Å². The van der Waals surface area contributed by atoms with Crippen molar-refractivity contribution in [2.75, 3.05) is 7.11 Å². The van der Waals surface area contributed by atoms with E-state index in [0.717, 1.165) is 0 Å². The molecular weight excluding hydrogens is 72.0 g/mol. The number of methoxy groups -OCH3 is 1. The molecule has 0 aliphatic rings. The van der Waals surface area contributed by atoms with E-state index in [-0.39, 0.29) is 12.1 Å². The van der Waals surface area contributed by atoms with Crippen LogP contribution in [0, 0.1) is 6.15 Å². The van der Waals surface area contributed by atoms with Crippen LogP contribution in [-0.2, 0) is 9.53 Å². The fourth-order valence-corrected chi connectivity index (χ4v) is 0. The summed E-state index contributed by atoms with van der Waals surface area (Å²) >= 11 is 0. The van der Waals surface area contributed by atoms with Crippen LogP contribution in [0.5, 0.6) is 0 Å². The fourth-order valence-electron chi connectivity index (χ4n) is 0. The van der Waals surface area contributed by atoms with Crippen LogP contribution in [0.1, 0.15) is 6.92 Å². The predicted octanol–water partition coefficient (Wildman–Crippen LogP) is 0.179. The van der Waals surface area contributed by atoms with E-state index in [1.807, 2.05) is 0 Å². The molecule has 0 saturated heterocycles. The second-order valence-corrected chi connectivity index (χ2v) is 0.696. The molecule has 0 aliphatic carbocycles. The summed E-state index contributed by atoms with van der Waals surface area (Å²) in [5, 5.41) is 0. The summed E-state index contributed by atoms with van der Waals surface area (Å²) in [6.07, 6.45) is 0. The minimum atomic E-state index is -0.245. The Hall–Kier alpha value is -0.621. The van der Waals surface area contributed by atoms with Crippen LogP contribution >= 0.6 is 0 Å². The molecule has 3 heteroatoms. The quantitative estimate of drug-likeness (QED) is 0.386. The van der Waals surface area contributed by atoms with E-state index in [1.165, 1.54) is 14.0 Å². The van der Waals surface area contributed by atoms with E-state index in [2.05, 4.69) is 4.74 Å². The van der Waals surface area contributed by atoms with Gasteiger partial charge in [0.05, 0.1) is 7.11 Å². The van der Waals surface area contributed by atoms with Gasteiger partial charge in [0.15, 0.2) is 0 Å². The Labute approximate surface area is 36.9 Å². The molecule has 0 radical (unpaired) electrons. The molecule has 0 aliphatic heterocycles. The van der Waals surface area contributed by atoms with Crippen LogP contribution in [0.3, 0.4) is 0 Å². The van der Waals surface area contributed by atoms with Crippen LogP contribution < -0.4 is 0 Å². The van der Waals surface area contributed by atoms with Gasteiger partial charge in [-0.2, -0.15) is 0 Å². The summed E-state index contributed by atoms with van der Waals surface area (Å²) in [4.78, 5) is 9.59. The van der Waals surface area contributed by atoms with Gasteiger partial charge >= 0.3 is 5.97 Å². The zero-order valence-corrected chi connectivity index (χ0v) is 4.02. The van der Waals surface area contributed by atoms with Crippen molar-refractivity contribution in [2.45, 2.75) is 6.92 Å². The fraction of sp³-hybridized carbons (Fsp3) is 0.667. The summed E-state index contributed by atoms with van der Waals surface area (Å²) in [7, 11) is 1.35. The number of hydrogen-bond donors (Lipinski definition) is 0. The van der Waals surface area contributed by atoms with Crippen molar-refractivity contribution in [3.63, 3.8) is 0 Å². The molecule has 0 fully saturated rings. The van der Waals surface area contributed by atoms with Crippen LogP contribution in [0.4, 0.5) is 0 Å². The van der Waals surface area contributed by atoms with Gasteiger partial charge in [-0.1, -0.05) is 0 Å². The number of hydrogen-bond acceptors (Lipinski definition) is 2. The van der Waals surface area contributed by atoms with Crippen molar-refractivity contribution >= 4 is 5.97 Å². The van der Waals surface area contributed by atoms with Gasteiger partial charge in [-0.15, -0.1) is 0 Å². The van der Waals surface area contributed by atoms with Crippen molar-refractivity contribution in [3.05, 3.63) is 0 Å². The summed E-state index contributed by atoms with van der Waals surface area (Å²) in [5.41, 5.74) is 0. The standard InChI is InChI=1S/C3H6O2.He/c1-3(4)5-2;/h1-2H3;. The van der Waals surface area contributed by atoms with Gasteiger partial charge in [0, 0.05) is 13.1 Å². The summed E-state index contributed by atoms with van der Waals surface area (Å²) in [5.74, 6) is -0.245. The van der Waals surface area contributed by atoms with Gasteiger partial charge in [0.25, 0.3) is 0 Å². The van der Waals surface area contributed by atoms with E-state index < -0.39 is 0 Å². The zero-order chi connectivity index (χ0) is 4.28. The van der Waals surface area contributed by atoms with Crippen LogP contribution in [0.25, 0.3) is 0 Å². The molecule has 6 heavy (non-hydrogen) atoms. The van der Waals surface area contributed by atoms with Gasteiger partial charge in [0.2, 0.25) is 0 Å². The molecule has 0 aromatic heterocycles. The maximum absolute atomic E-state index is 9.59. The van der Waals surface area contributed by atoms with Gasteiger partial charge in [0.1, 0.15) is 0 Å². The maximum Gasteiger partial charge on any atom is 0.302 e. The molecule has 0 aromatic carbocycles. The molecule has 0 bridgehead atoms. The van der Waals surface area contributed by atoms with E-state index >= 15 is 0 Å². The average molecular weight is 78.1 g/mol. The molecule has 0 unspecified atom stereocenters. The molecule has 0 aromatic rings. The van der Waals surface area contributed by atoms with Crippen molar-refractivity contribution in [2.24, 2.45) is 0 Å². The molecule has 32 valence electrons. The van der Waals surface area contributed by atoms with E-state index in [4.69, 9.17) is 0 Å². The zero-order valence-electron chi connectivity index (χ0n) is 4.02. The number of rotatable bonds is 0. The average Bonchev–Trinajstić information content (AvgIpc) is 1.38. The first-order valence-electron chi connectivity index (χ1n) is 1.32. The normalized spacial score (nSPS) is 5.67. The molecule has 0 rings (SSSR count). The maximum atomic E-state index is 9.59. The Balaban J connectivity index is 0. The second-order valence-electron chi connectivity index (χ2n) is 0.696. The molecule has 0 atom stereocenters. The first-order valence-corrected chi connectivity index (χ1v) is 1.32. The van der Waals surface area contributed by atoms with Crippen LogP contribution in [0.15, 0.2) is 0 Å². The summed E-state index contributed by atoms with van der Waals surface area (Å²) in [6, 6.07) is 0. The SMILES string of the molecule is COC(C)=O.[He]. The number of esters is 1. The molecule has 0 N–H and O–H groups in total. The number of ether oxygens (including phenoxy) is 1. The van der Waals surface area contributed by atoms with E-state index in [0.29, 0.717) is 0 Å². The summed E-state index contributed by atoms with van der Waals surface area (Å²) in [6.45, 7) is 1.36. The largest absolute Gasteiger partial charge is 0.469 e. The second kappa shape index (κ2) is 4.38. The van der Waals surface area contributed by atoms with Gasteiger partial charge in [-0.25, -0.2) is 0 Å². The molecule has 0 saturated carbocycles. The molecule has 2 nitrogen and oxygen atoms in total. The van der Waals surface area contributed by atoms with E-state index in [1.54, 1.807) is 0 Å². The van der Waals surface area contributed by atoms with Crippen molar-refractivity contribution in [3.8, 4) is 0 Å². The third kappa shape index (κ3) is 10.1. The van der Waals surface area contributed by atoms with Crippen LogP contribution in [-0.4, -0.2) is 13.1 Å². The third-order valence-corrected chi connectivity index (χ3v) is 0.287. The molecule has 0 amide bonds. The van der Waals surface area contributed by atoms with Crippen molar-refractivity contribution < 1.29 is 15.7 Å². The molecule has 0 heterocycles. The topological polar surface area (TPSA) is 26.3 Å². The Morgan fingerprint density at radius 1 is 1.67 bits per heavy atom. The van der Waals surface area contributed by atoms with Crippen molar-refractivity contribution in [1.29, 1.82) is 0 Å². The Bertz CT molecular complexity index is 44.1. The smallest absolute Gasteiger partial charge is 0.302 e. The van der Waals surface area contributed by atoms with Gasteiger partial charge < -0.3 is 4.74 Å². The minimum Gasteiger partial charge on any atom is -0.469 e. The minimum absolute atomic E-state index is 0. The first kappa shape index (κ1) is 9.03. The predicted molar refractivity (Wildman–Crippen MR) is 17.7 cm³/mol. The number of carbonyl (C=O) groups is 1. The van der Waals surface area contributed by atoms with Gasteiger partial charge in [-0.3, -0.25) is 4.79 Å². The third-order valence-electron chi connectivity index (χ3n) is 0.287. The summed E-state index contributed by atoms with van der Waals surface area (Å²) < 4.78 is 4.11. The monoisotopic (exact) mass is 78.0 g/mol. The van der Waals surface area contributed by atoms with Crippen LogP contribution in [0.2, 0.25) is 0 Å². The van der Waals surface area contributed by atoms with E-state index in [9.17, 15) is 4.79 Å². The molecule has 0 spiro atoms. The molecular formula is C3H6HeO2. The number of carbonyl (C=O) groups excluding carboxylic acids is 1. The Morgan fingerprint density at radius 3 is 1.83 bits per heavy atom. The Morgan fingerprint density at radius 2 is 1.83 bits per heavy atom. The van der Waals surface area contributed by atoms with Crippen molar-refractivity contribution in [1.82, 2.24) is 0 Å². The Kier molecular flexibility index (Phi) is 6.59. The first-order chi connectivity index (χ1) is 2.27.